The number of nitrogens with zero attached hydrogens (tertiary/aromatic N) is 1. The minimum absolute atomic E-state index is 0.268. The molecule has 0 aliphatic heterocycles. The van der Waals surface area contributed by atoms with Gasteiger partial charge in [0.25, 0.3) is 5.91 Å². The lowest BCUT2D eigenvalue weighted by atomic mass is 10.2. The molecule has 1 aromatic heterocycles. The zero-order valence-corrected chi connectivity index (χ0v) is 15.3. The molecule has 3 aromatic rings. The number of ether oxygens (including phenoxy) is 1. The number of aromatic nitrogens is 1. The number of anilines is 2. The Balaban J connectivity index is 1.61. The van der Waals surface area contributed by atoms with E-state index >= 15 is 0 Å². The van der Waals surface area contributed by atoms with Crippen LogP contribution in [0.4, 0.5) is 11.4 Å². The second-order valence-corrected chi connectivity index (χ2v) is 5.87. The summed E-state index contributed by atoms with van der Waals surface area (Å²) < 4.78 is 5.10. The number of methoxy groups -OCH3 is 1. The van der Waals surface area contributed by atoms with Crippen molar-refractivity contribution in [3.63, 3.8) is 0 Å². The molecule has 0 bridgehead atoms. The number of carbonyl (C=O) groups is 2. The number of hydrogen-bond acceptors (Lipinski definition) is 4. The Hall–Kier alpha value is -3.93. The van der Waals surface area contributed by atoms with Crippen molar-refractivity contribution in [2.45, 2.75) is 0 Å². The SMILES string of the molecule is COc1ccc(/C=C/C(=O)Nc2cccc(NC(=O)c3cccnc3)c2)cc1. The second kappa shape index (κ2) is 9.14. The van der Waals surface area contributed by atoms with Crippen molar-refractivity contribution in [2.24, 2.45) is 0 Å². The first-order valence-corrected chi connectivity index (χ1v) is 8.58. The number of nitrogens with one attached hydrogen (secondary N) is 2. The van der Waals surface area contributed by atoms with Gasteiger partial charge in [-0.15, -0.1) is 0 Å². The highest BCUT2D eigenvalue weighted by Crippen LogP contribution is 2.17. The lowest BCUT2D eigenvalue weighted by molar-refractivity contribution is -0.111. The van der Waals surface area contributed by atoms with Crippen LogP contribution in [0.3, 0.4) is 0 Å². The van der Waals surface area contributed by atoms with Crippen LogP contribution < -0.4 is 15.4 Å². The summed E-state index contributed by atoms with van der Waals surface area (Å²) in [5.74, 6) is 0.217. The average molecular weight is 373 g/mol. The lowest BCUT2D eigenvalue weighted by Crippen LogP contribution is -2.13. The van der Waals surface area contributed by atoms with Crippen LogP contribution in [0.15, 0.2) is 79.1 Å². The number of benzene rings is 2. The summed E-state index contributed by atoms with van der Waals surface area (Å²) in [6.07, 6.45) is 6.25. The molecule has 6 nitrogen and oxygen atoms in total. The molecule has 0 saturated heterocycles. The first-order chi connectivity index (χ1) is 13.6. The highest BCUT2D eigenvalue weighted by molar-refractivity contribution is 6.05. The smallest absolute Gasteiger partial charge is 0.257 e. The Bertz CT molecular complexity index is 983. The Morgan fingerprint density at radius 3 is 2.39 bits per heavy atom. The van der Waals surface area contributed by atoms with Crippen molar-refractivity contribution in [1.82, 2.24) is 4.98 Å². The van der Waals surface area contributed by atoms with Crippen molar-refractivity contribution in [2.75, 3.05) is 17.7 Å². The van der Waals surface area contributed by atoms with Gasteiger partial charge < -0.3 is 15.4 Å². The maximum Gasteiger partial charge on any atom is 0.257 e. The third-order valence-electron chi connectivity index (χ3n) is 3.85. The van der Waals surface area contributed by atoms with Gasteiger partial charge in [0.15, 0.2) is 0 Å². The first kappa shape index (κ1) is 18.8. The van der Waals surface area contributed by atoms with Crippen molar-refractivity contribution in [3.05, 3.63) is 90.3 Å². The van der Waals surface area contributed by atoms with E-state index in [-0.39, 0.29) is 11.8 Å². The molecule has 0 radical (unpaired) electrons. The molecule has 0 aliphatic rings. The predicted octanol–water partition coefficient (Wildman–Crippen LogP) is 3.99. The standard InChI is InChI=1S/C22H19N3O3/c1-28-20-10-7-16(8-11-20)9-12-21(26)24-18-5-2-6-19(14-18)25-22(27)17-4-3-13-23-15-17/h2-15H,1H3,(H,24,26)(H,25,27)/b12-9+. The third kappa shape index (κ3) is 5.28. The molecule has 6 heteroatoms. The Morgan fingerprint density at radius 1 is 0.964 bits per heavy atom. The minimum Gasteiger partial charge on any atom is -0.497 e. The normalized spacial score (nSPS) is 10.5. The average Bonchev–Trinajstić information content (AvgIpc) is 2.73. The maximum atomic E-state index is 12.2. The van der Waals surface area contributed by atoms with Gasteiger partial charge in [0.1, 0.15) is 5.75 Å². The summed E-state index contributed by atoms with van der Waals surface area (Å²) in [6, 6.07) is 17.7. The highest BCUT2D eigenvalue weighted by atomic mass is 16.5. The van der Waals surface area contributed by atoms with Crippen LogP contribution in [0.5, 0.6) is 5.75 Å². The van der Waals surface area contributed by atoms with Gasteiger partial charge in [-0.3, -0.25) is 14.6 Å². The maximum absolute atomic E-state index is 12.2. The van der Waals surface area contributed by atoms with Crippen molar-refractivity contribution < 1.29 is 14.3 Å². The molecule has 140 valence electrons. The van der Waals surface area contributed by atoms with Crippen molar-refractivity contribution >= 4 is 29.3 Å². The molecule has 0 aliphatic carbocycles. The van der Waals surface area contributed by atoms with Gasteiger partial charge in [-0.05, 0) is 54.1 Å². The van der Waals surface area contributed by atoms with Crippen LogP contribution in [0.25, 0.3) is 6.08 Å². The van der Waals surface area contributed by atoms with E-state index in [4.69, 9.17) is 4.74 Å². The number of carbonyl (C=O) groups excluding carboxylic acids is 2. The summed E-state index contributed by atoms with van der Waals surface area (Å²) in [6.45, 7) is 0. The Kier molecular flexibility index (Phi) is 6.15. The van der Waals surface area contributed by atoms with Gasteiger partial charge in [0, 0.05) is 29.8 Å². The summed E-state index contributed by atoms with van der Waals surface area (Å²) >= 11 is 0. The Labute approximate surface area is 162 Å². The largest absolute Gasteiger partial charge is 0.497 e. The van der Waals surface area contributed by atoms with Crippen LogP contribution in [-0.4, -0.2) is 23.9 Å². The van der Waals surface area contributed by atoms with E-state index in [1.54, 1.807) is 55.8 Å². The molecule has 28 heavy (non-hydrogen) atoms. The Morgan fingerprint density at radius 2 is 1.71 bits per heavy atom. The molecule has 1 heterocycles. The summed E-state index contributed by atoms with van der Waals surface area (Å²) in [4.78, 5) is 28.3. The zero-order chi connectivity index (χ0) is 19.8. The molecule has 2 amide bonds. The quantitative estimate of drug-likeness (QED) is 0.640. The van der Waals surface area contributed by atoms with Crippen LogP contribution in [0.1, 0.15) is 15.9 Å². The molecular weight excluding hydrogens is 354 g/mol. The van der Waals surface area contributed by atoms with E-state index in [2.05, 4.69) is 15.6 Å². The van der Waals surface area contributed by atoms with E-state index in [0.717, 1.165) is 11.3 Å². The molecule has 2 N–H and O–H groups in total. The lowest BCUT2D eigenvalue weighted by Gasteiger charge is -2.08. The van der Waals surface area contributed by atoms with Crippen LogP contribution in [0, 0.1) is 0 Å². The molecule has 0 saturated carbocycles. The minimum atomic E-state index is -0.272. The van der Waals surface area contributed by atoms with Gasteiger partial charge in [0.2, 0.25) is 5.91 Å². The van der Waals surface area contributed by atoms with E-state index in [9.17, 15) is 9.59 Å². The molecule has 0 atom stereocenters. The number of amides is 2. The predicted molar refractivity (Wildman–Crippen MR) is 109 cm³/mol. The molecule has 2 aromatic carbocycles. The zero-order valence-electron chi connectivity index (χ0n) is 15.3. The molecule has 0 unspecified atom stereocenters. The van der Waals surface area contributed by atoms with Gasteiger partial charge in [-0.1, -0.05) is 18.2 Å². The van der Waals surface area contributed by atoms with Crippen LogP contribution in [-0.2, 0) is 4.79 Å². The van der Waals surface area contributed by atoms with Gasteiger partial charge in [-0.2, -0.15) is 0 Å². The van der Waals surface area contributed by atoms with Gasteiger partial charge in [-0.25, -0.2) is 0 Å². The van der Waals surface area contributed by atoms with E-state index in [1.165, 1.54) is 12.3 Å². The summed E-state index contributed by atoms with van der Waals surface area (Å²) in [5, 5.41) is 5.55. The second-order valence-electron chi connectivity index (χ2n) is 5.87. The highest BCUT2D eigenvalue weighted by Gasteiger charge is 2.06. The monoisotopic (exact) mass is 373 g/mol. The van der Waals surface area contributed by atoms with Crippen LogP contribution >= 0.6 is 0 Å². The fraction of sp³-hybridized carbons (Fsp3) is 0.0455. The number of hydrogen-bond donors (Lipinski definition) is 2. The third-order valence-corrected chi connectivity index (χ3v) is 3.85. The summed E-state index contributed by atoms with van der Waals surface area (Å²) in [5.41, 5.74) is 2.49. The van der Waals surface area contributed by atoms with E-state index < -0.39 is 0 Å². The van der Waals surface area contributed by atoms with Crippen LogP contribution in [0.2, 0.25) is 0 Å². The summed E-state index contributed by atoms with van der Waals surface area (Å²) in [7, 11) is 1.60. The molecule has 0 spiro atoms. The first-order valence-electron chi connectivity index (χ1n) is 8.58. The van der Waals surface area contributed by atoms with Crippen molar-refractivity contribution in [3.8, 4) is 5.75 Å². The molecule has 0 fully saturated rings. The van der Waals surface area contributed by atoms with Crippen molar-refractivity contribution in [1.29, 1.82) is 0 Å². The number of rotatable bonds is 6. The van der Waals surface area contributed by atoms with Gasteiger partial charge >= 0.3 is 0 Å². The van der Waals surface area contributed by atoms with E-state index in [1.807, 2.05) is 24.3 Å². The number of pyridine rings is 1. The topological polar surface area (TPSA) is 80.3 Å². The van der Waals surface area contributed by atoms with E-state index in [0.29, 0.717) is 16.9 Å². The van der Waals surface area contributed by atoms with Gasteiger partial charge in [0.05, 0.1) is 12.7 Å². The molecule has 3 rings (SSSR count). The fourth-order valence-electron chi connectivity index (χ4n) is 2.45. The fourth-order valence-corrected chi connectivity index (χ4v) is 2.45. The molecular formula is C22H19N3O3.